The summed E-state index contributed by atoms with van der Waals surface area (Å²) in [5.74, 6) is -0.174. The van der Waals surface area contributed by atoms with Gasteiger partial charge >= 0.3 is 0 Å². The molecule has 1 fully saturated rings. The van der Waals surface area contributed by atoms with Crippen LogP contribution in [0.2, 0.25) is 0 Å². The molecule has 0 saturated carbocycles. The fraction of sp³-hybridized carbons (Fsp3) is 0.364. The Hall–Kier alpha value is -3.40. The lowest BCUT2D eigenvalue weighted by Gasteiger charge is -2.25. The number of pyridine rings is 2. The van der Waals surface area contributed by atoms with E-state index >= 15 is 0 Å². The maximum Gasteiger partial charge on any atom is 0.280 e. The predicted molar refractivity (Wildman–Crippen MR) is 110 cm³/mol. The second-order valence-electron chi connectivity index (χ2n) is 7.24. The van der Waals surface area contributed by atoms with Gasteiger partial charge in [-0.15, -0.1) is 0 Å². The molecule has 10 heteroatoms. The highest BCUT2D eigenvalue weighted by atomic mass is 19.3. The van der Waals surface area contributed by atoms with E-state index in [1.165, 1.54) is 18.2 Å². The molecular formula is C22H22F2N4O4. The highest BCUT2D eigenvalue weighted by molar-refractivity contribution is 5.96. The lowest BCUT2D eigenvalue weighted by Crippen LogP contribution is -2.40. The Labute approximate surface area is 182 Å². The van der Waals surface area contributed by atoms with Crippen LogP contribution in [-0.4, -0.2) is 63.9 Å². The summed E-state index contributed by atoms with van der Waals surface area (Å²) in [6.07, 6.45) is 0.409. The molecule has 3 aromatic rings. The van der Waals surface area contributed by atoms with E-state index in [0.717, 1.165) is 0 Å². The molecule has 4 heterocycles. The molecule has 0 atom stereocenters. The number of carbonyl (C=O) groups excluding carboxylic acids is 2. The van der Waals surface area contributed by atoms with Gasteiger partial charge in [0.1, 0.15) is 28.5 Å². The van der Waals surface area contributed by atoms with Crippen LogP contribution in [-0.2, 0) is 11.2 Å². The monoisotopic (exact) mass is 444 g/mol. The zero-order valence-electron chi connectivity index (χ0n) is 17.5. The lowest BCUT2D eigenvalue weighted by atomic mass is 10.1. The SMILES string of the molecule is CCOc1cc2nc(C(=O)N3CCOCC3)cn2cc1CC(=O)c1cccc(C(F)F)n1. The topological polar surface area (TPSA) is 86.0 Å². The lowest BCUT2D eigenvalue weighted by molar-refractivity contribution is 0.0299. The summed E-state index contributed by atoms with van der Waals surface area (Å²) in [5.41, 5.74) is 0.830. The molecule has 0 aliphatic carbocycles. The van der Waals surface area contributed by atoms with Gasteiger partial charge in [0.2, 0.25) is 0 Å². The van der Waals surface area contributed by atoms with E-state index in [0.29, 0.717) is 49.9 Å². The molecule has 0 aromatic carbocycles. The van der Waals surface area contributed by atoms with Crippen LogP contribution in [0.5, 0.6) is 5.75 Å². The molecule has 32 heavy (non-hydrogen) atoms. The number of amides is 1. The number of carbonyl (C=O) groups is 2. The number of nitrogens with zero attached hydrogens (tertiary/aromatic N) is 4. The summed E-state index contributed by atoms with van der Waals surface area (Å²) in [7, 11) is 0. The highest BCUT2D eigenvalue weighted by Gasteiger charge is 2.22. The Morgan fingerprint density at radius 3 is 2.66 bits per heavy atom. The third-order valence-corrected chi connectivity index (χ3v) is 5.08. The molecule has 168 valence electrons. The molecule has 0 bridgehead atoms. The summed E-state index contributed by atoms with van der Waals surface area (Å²) >= 11 is 0. The number of aromatic nitrogens is 3. The number of halogens is 2. The van der Waals surface area contributed by atoms with Gasteiger partial charge in [0.05, 0.1) is 19.8 Å². The molecule has 0 spiro atoms. The first kappa shape index (κ1) is 21.8. The minimum absolute atomic E-state index is 0.0424. The first-order valence-corrected chi connectivity index (χ1v) is 10.3. The van der Waals surface area contributed by atoms with Crippen molar-refractivity contribution in [3.63, 3.8) is 0 Å². The summed E-state index contributed by atoms with van der Waals surface area (Å²) in [5, 5.41) is 0. The van der Waals surface area contributed by atoms with Crippen molar-refractivity contribution in [3.05, 3.63) is 59.3 Å². The van der Waals surface area contributed by atoms with E-state index in [-0.39, 0.29) is 23.7 Å². The number of rotatable bonds is 7. The van der Waals surface area contributed by atoms with Crippen molar-refractivity contribution in [2.24, 2.45) is 0 Å². The fourth-order valence-corrected chi connectivity index (χ4v) is 3.51. The van der Waals surface area contributed by atoms with Crippen LogP contribution in [0.3, 0.4) is 0 Å². The maximum absolute atomic E-state index is 12.9. The molecule has 1 aliphatic heterocycles. The second-order valence-corrected chi connectivity index (χ2v) is 7.24. The minimum atomic E-state index is -2.76. The summed E-state index contributed by atoms with van der Waals surface area (Å²) in [6.45, 7) is 4.14. The average Bonchev–Trinajstić information content (AvgIpc) is 3.22. The van der Waals surface area contributed by atoms with E-state index < -0.39 is 17.9 Å². The first-order chi connectivity index (χ1) is 15.5. The quantitative estimate of drug-likeness (QED) is 0.521. The fourth-order valence-electron chi connectivity index (χ4n) is 3.51. The molecular weight excluding hydrogens is 422 g/mol. The number of ketones is 1. The van der Waals surface area contributed by atoms with Crippen LogP contribution in [0, 0.1) is 0 Å². The number of alkyl halides is 2. The van der Waals surface area contributed by atoms with Crippen molar-refractivity contribution in [3.8, 4) is 5.75 Å². The van der Waals surface area contributed by atoms with Gasteiger partial charge in [0.15, 0.2) is 5.78 Å². The minimum Gasteiger partial charge on any atom is -0.493 e. The van der Waals surface area contributed by atoms with E-state index in [9.17, 15) is 18.4 Å². The smallest absolute Gasteiger partial charge is 0.280 e. The van der Waals surface area contributed by atoms with Crippen LogP contribution in [0.1, 0.15) is 45.6 Å². The van der Waals surface area contributed by atoms with E-state index in [1.54, 1.807) is 27.8 Å². The summed E-state index contributed by atoms with van der Waals surface area (Å²) in [4.78, 5) is 35.4. The Morgan fingerprint density at radius 1 is 1.16 bits per heavy atom. The van der Waals surface area contributed by atoms with Gasteiger partial charge in [-0.1, -0.05) is 6.07 Å². The molecule has 3 aromatic heterocycles. The molecule has 0 unspecified atom stereocenters. The van der Waals surface area contributed by atoms with Gasteiger partial charge in [0, 0.05) is 43.5 Å². The number of fused-ring (bicyclic) bond motifs is 1. The van der Waals surface area contributed by atoms with E-state index in [4.69, 9.17) is 9.47 Å². The van der Waals surface area contributed by atoms with E-state index in [2.05, 4.69) is 9.97 Å². The number of hydrogen-bond donors (Lipinski definition) is 0. The normalized spacial score (nSPS) is 14.2. The Morgan fingerprint density at radius 2 is 1.94 bits per heavy atom. The molecule has 4 rings (SSSR count). The number of ether oxygens (including phenoxy) is 2. The van der Waals surface area contributed by atoms with Gasteiger partial charge in [-0.3, -0.25) is 9.59 Å². The number of morpholine rings is 1. The predicted octanol–water partition coefficient (Wildman–Crippen LogP) is 2.96. The standard InChI is InChI=1S/C22H22F2N4O4/c1-2-32-19-11-20-26-17(22(30)27-6-8-31-9-7-27)13-28(20)12-14(19)10-18(29)15-4-3-5-16(25-15)21(23)24/h3-5,11-13,21H,2,6-10H2,1H3. The van der Waals surface area contributed by atoms with Crippen molar-refractivity contribution >= 4 is 17.3 Å². The zero-order valence-corrected chi connectivity index (χ0v) is 17.5. The third-order valence-electron chi connectivity index (χ3n) is 5.08. The number of Topliss-reactive ketones (excluding diaryl/α,β-unsaturated/α-hetero) is 1. The molecule has 1 amide bonds. The van der Waals surface area contributed by atoms with Crippen LogP contribution >= 0.6 is 0 Å². The third kappa shape index (κ3) is 4.59. The van der Waals surface area contributed by atoms with Gasteiger partial charge in [0.25, 0.3) is 12.3 Å². The number of hydrogen-bond acceptors (Lipinski definition) is 6. The first-order valence-electron chi connectivity index (χ1n) is 10.3. The van der Waals surface area contributed by atoms with Crippen molar-refractivity contribution < 1.29 is 27.8 Å². The van der Waals surface area contributed by atoms with Crippen molar-refractivity contribution in [2.45, 2.75) is 19.8 Å². The zero-order chi connectivity index (χ0) is 22.7. The van der Waals surface area contributed by atoms with Gasteiger partial charge in [-0.05, 0) is 19.1 Å². The van der Waals surface area contributed by atoms with Crippen LogP contribution in [0.15, 0.2) is 36.7 Å². The molecule has 0 radical (unpaired) electrons. The summed E-state index contributed by atoms with van der Waals surface area (Å²) in [6, 6.07) is 5.63. The largest absolute Gasteiger partial charge is 0.493 e. The molecule has 1 saturated heterocycles. The van der Waals surface area contributed by atoms with Crippen molar-refractivity contribution in [2.75, 3.05) is 32.9 Å². The van der Waals surface area contributed by atoms with Gasteiger partial charge in [-0.25, -0.2) is 18.7 Å². The molecule has 1 aliphatic rings. The molecule has 8 nitrogen and oxygen atoms in total. The van der Waals surface area contributed by atoms with Gasteiger partial charge in [-0.2, -0.15) is 0 Å². The second kappa shape index (κ2) is 9.39. The van der Waals surface area contributed by atoms with E-state index in [1.807, 2.05) is 6.92 Å². The van der Waals surface area contributed by atoms with Crippen LogP contribution < -0.4 is 4.74 Å². The van der Waals surface area contributed by atoms with Crippen LogP contribution in [0.4, 0.5) is 8.78 Å². The van der Waals surface area contributed by atoms with Crippen molar-refractivity contribution in [1.29, 1.82) is 0 Å². The molecule has 0 N–H and O–H groups in total. The Bertz CT molecular complexity index is 1140. The Kier molecular flexibility index (Phi) is 6.40. The maximum atomic E-state index is 12.9. The van der Waals surface area contributed by atoms with Gasteiger partial charge < -0.3 is 18.8 Å². The average molecular weight is 444 g/mol. The highest BCUT2D eigenvalue weighted by Crippen LogP contribution is 2.24. The van der Waals surface area contributed by atoms with Crippen molar-refractivity contribution in [1.82, 2.24) is 19.3 Å². The Balaban J connectivity index is 1.63. The number of imidazole rings is 1. The summed E-state index contributed by atoms with van der Waals surface area (Å²) < 4.78 is 38.5. The van der Waals surface area contributed by atoms with Crippen LogP contribution in [0.25, 0.3) is 5.65 Å².